The van der Waals surface area contributed by atoms with Gasteiger partial charge in [0, 0.05) is 16.9 Å². The van der Waals surface area contributed by atoms with Crippen molar-refractivity contribution < 1.29 is 0 Å². The van der Waals surface area contributed by atoms with Crippen molar-refractivity contribution in [2.24, 2.45) is 0 Å². The molecule has 0 bridgehead atoms. The Morgan fingerprint density at radius 1 is 0.933 bits per heavy atom. The van der Waals surface area contributed by atoms with E-state index < -0.39 is 0 Å². The first-order chi connectivity index (χ1) is 7.18. The van der Waals surface area contributed by atoms with E-state index in [1.54, 1.807) is 0 Å². The topological polar surface area (TPSA) is 12.9 Å². The van der Waals surface area contributed by atoms with E-state index in [1.807, 2.05) is 24.5 Å². The molecule has 1 nitrogen and oxygen atoms in total. The van der Waals surface area contributed by atoms with Crippen molar-refractivity contribution in [2.75, 3.05) is 0 Å². The number of rotatable bonds is 1. The third kappa shape index (κ3) is 2.10. The lowest BCUT2D eigenvalue weighted by Crippen LogP contribution is -1.85. The highest BCUT2D eigenvalue weighted by Gasteiger charge is 2.03. The fraction of sp³-hybridized carbons (Fsp3) is 0.154. The van der Waals surface area contributed by atoms with Gasteiger partial charge < -0.3 is 0 Å². The maximum absolute atomic E-state index is 4.02. The minimum absolute atomic E-state index is 1.19. The van der Waals surface area contributed by atoms with Crippen LogP contribution in [0.15, 0.2) is 41.1 Å². The lowest BCUT2D eigenvalue weighted by atomic mass is 10.0. The molecule has 0 unspecified atom stereocenters. The summed E-state index contributed by atoms with van der Waals surface area (Å²) in [5, 5.41) is 0. The van der Waals surface area contributed by atoms with Crippen molar-refractivity contribution in [3.8, 4) is 11.1 Å². The lowest BCUT2D eigenvalue weighted by Gasteiger charge is -2.07. The third-order valence-electron chi connectivity index (χ3n) is 2.45. The molecule has 1 heterocycles. The second kappa shape index (κ2) is 4.15. The zero-order valence-electron chi connectivity index (χ0n) is 8.79. The van der Waals surface area contributed by atoms with Gasteiger partial charge in [-0.15, -0.1) is 0 Å². The number of pyridine rings is 1. The number of nitrogens with zero attached hydrogens (tertiary/aromatic N) is 1. The molecule has 0 saturated heterocycles. The summed E-state index contributed by atoms with van der Waals surface area (Å²) in [7, 11) is 0. The molecule has 1 aromatic heterocycles. The molecule has 2 rings (SSSR count). The summed E-state index contributed by atoms with van der Waals surface area (Å²) in [6.45, 7) is 4.23. The number of aromatic nitrogens is 1. The van der Waals surface area contributed by atoms with Crippen molar-refractivity contribution in [1.82, 2.24) is 4.98 Å². The van der Waals surface area contributed by atoms with Gasteiger partial charge in [0.05, 0.1) is 0 Å². The summed E-state index contributed by atoms with van der Waals surface area (Å²) in [6.07, 6.45) is 3.64. The molecule has 0 spiro atoms. The molecule has 0 radical (unpaired) electrons. The highest BCUT2D eigenvalue weighted by atomic mass is 79.9. The van der Waals surface area contributed by atoms with Crippen molar-refractivity contribution in [3.05, 3.63) is 52.3 Å². The van der Waals surface area contributed by atoms with Crippen LogP contribution < -0.4 is 0 Å². The first-order valence-electron chi connectivity index (χ1n) is 4.85. The summed E-state index contributed by atoms with van der Waals surface area (Å²) in [6, 6.07) is 8.43. The van der Waals surface area contributed by atoms with Crippen LogP contribution in [0.3, 0.4) is 0 Å². The van der Waals surface area contributed by atoms with E-state index in [2.05, 4.69) is 46.9 Å². The number of aryl methyl sites for hydroxylation is 2. The minimum Gasteiger partial charge on any atom is -0.265 e. The van der Waals surface area contributed by atoms with E-state index in [4.69, 9.17) is 0 Å². The van der Waals surface area contributed by atoms with E-state index in [9.17, 15) is 0 Å². The summed E-state index contributed by atoms with van der Waals surface area (Å²) < 4.78 is 1.19. The van der Waals surface area contributed by atoms with Crippen LogP contribution in [0.5, 0.6) is 0 Å². The average Bonchev–Trinajstić information content (AvgIpc) is 2.26. The number of halogens is 1. The molecular weight excluding hydrogens is 250 g/mol. The predicted molar refractivity (Wildman–Crippen MR) is 66.8 cm³/mol. The molecule has 0 N–H and O–H groups in total. The van der Waals surface area contributed by atoms with Crippen molar-refractivity contribution in [1.29, 1.82) is 0 Å². The largest absolute Gasteiger partial charge is 0.265 e. The van der Waals surface area contributed by atoms with Gasteiger partial charge in [-0.05, 0) is 48.2 Å². The van der Waals surface area contributed by atoms with E-state index in [0.29, 0.717) is 0 Å². The summed E-state index contributed by atoms with van der Waals surface area (Å²) in [5.74, 6) is 0. The first-order valence-corrected chi connectivity index (χ1v) is 5.65. The molecule has 2 heteroatoms. The molecule has 1 aromatic carbocycles. The third-order valence-corrected chi connectivity index (χ3v) is 3.70. The van der Waals surface area contributed by atoms with Gasteiger partial charge in [-0.1, -0.05) is 28.1 Å². The van der Waals surface area contributed by atoms with Crippen molar-refractivity contribution in [3.63, 3.8) is 0 Å². The van der Waals surface area contributed by atoms with Crippen LogP contribution in [0.2, 0.25) is 0 Å². The number of hydrogen-bond donors (Lipinski definition) is 0. The van der Waals surface area contributed by atoms with Gasteiger partial charge in [-0.25, -0.2) is 0 Å². The molecule has 0 amide bonds. The molecule has 0 saturated carbocycles. The Hall–Kier alpha value is -1.15. The summed E-state index contributed by atoms with van der Waals surface area (Å²) in [5.41, 5.74) is 4.99. The monoisotopic (exact) mass is 261 g/mol. The molecule has 2 aromatic rings. The van der Waals surface area contributed by atoms with Crippen LogP contribution in [0, 0.1) is 13.8 Å². The quantitative estimate of drug-likeness (QED) is 0.753. The molecule has 0 aliphatic carbocycles. The van der Waals surface area contributed by atoms with E-state index in [-0.39, 0.29) is 0 Å². The number of hydrogen-bond acceptors (Lipinski definition) is 1. The Kier molecular flexibility index (Phi) is 2.87. The molecule has 76 valence electrons. The average molecular weight is 262 g/mol. The summed E-state index contributed by atoms with van der Waals surface area (Å²) in [4.78, 5) is 4.02. The Morgan fingerprint density at radius 2 is 1.47 bits per heavy atom. The Bertz CT molecular complexity index is 454. The Labute approximate surface area is 98.3 Å². The van der Waals surface area contributed by atoms with Crippen LogP contribution >= 0.6 is 15.9 Å². The van der Waals surface area contributed by atoms with Gasteiger partial charge in [0.1, 0.15) is 0 Å². The Balaban J connectivity index is 2.56. The fourth-order valence-electron chi connectivity index (χ4n) is 1.66. The standard InChI is InChI=1S/C13H12BrN/c1-9-7-12(8-10(2)13(9)14)11-3-5-15-6-4-11/h3-8H,1-2H3. The SMILES string of the molecule is Cc1cc(-c2ccncc2)cc(C)c1Br. The second-order valence-electron chi connectivity index (χ2n) is 3.66. The fourth-order valence-corrected chi connectivity index (χ4v) is 1.89. The van der Waals surface area contributed by atoms with Crippen LogP contribution in [0.25, 0.3) is 11.1 Å². The predicted octanol–water partition coefficient (Wildman–Crippen LogP) is 4.13. The molecular formula is C13H12BrN. The van der Waals surface area contributed by atoms with E-state index in [0.717, 1.165) is 0 Å². The number of benzene rings is 1. The van der Waals surface area contributed by atoms with Crippen LogP contribution in [0.4, 0.5) is 0 Å². The van der Waals surface area contributed by atoms with Gasteiger partial charge in [0.25, 0.3) is 0 Å². The van der Waals surface area contributed by atoms with Crippen LogP contribution in [-0.4, -0.2) is 4.98 Å². The molecule has 15 heavy (non-hydrogen) atoms. The zero-order valence-corrected chi connectivity index (χ0v) is 10.4. The zero-order chi connectivity index (χ0) is 10.8. The normalized spacial score (nSPS) is 10.3. The van der Waals surface area contributed by atoms with Gasteiger partial charge in [0.2, 0.25) is 0 Å². The van der Waals surface area contributed by atoms with Gasteiger partial charge in [-0.3, -0.25) is 4.98 Å². The van der Waals surface area contributed by atoms with Crippen LogP contribution in [-0.2, 0) is 0 Å². The van der Waals surface area contributed by atoms with Gasteiger partial charge in [0.15, 0.2) is 0 Å². The maximum atomic E-state index is 4.02. The van der Waals surface area contributed by atoms with E-state index in [1.165, 1.54) is 26.7 Å². The Morgan fingerprint density at radius 3 is 2.00 bits per heavy atom. The summed E-state index contributed by atoms with van der Waals surface area (Å²) >= 11 is 3.57. The van der Waals surface area contributed by atoms with Crippen molar-refractivity contribution >= 4 is 15.9 Å². The highest BCUT2D eigenvalue weighted by Crippen LogP contribution is 2.27. The van der Waals surface area contributed by atoms with Crippen molar-refractivity contribution in [2.45, 2.75) is 13.8 Å². The van der Waals surface area contributed by atoms with E-state index >= 15 is 0 Å². The molecule has 0 aliphatic rings. The molecule has 0 atom stereocenters. The molecule has 0 aliphatic heterocycles. The molecule has 0 fully saturated rings. The van der Waals surface area contributed by atoms with Gasteiger partial charge >= 0.3 is 0 Å². The smallest absolute Gasteiger partial charge is 0.0273 e. The minimum atomic E-state index is 1.19. The van der Waals surface area contributed by atoms with Gasteiger partial charge in [-0.2, -0.15) is 0 Å². The highest BCUT2D eigenvalue weighted by molar-refractivity contribution is 9.10. The second-order valence-corrected chi connectivity index (χ2v) is 4.45. The van der Waals surface area contributed by atoms with Crippen LogP contribution in [0.1, 0.15) is 11.1 Å². The lowest BCUT2D eigenvalue weighted by molar-refractivity contribution is 1.31. The first kappa shape index (κ1) is 10.4. The maximum Gasteiger partial charge on any atom is 0.0273 e.